The van der Waals surface area contributed by atoms with E-state index in [0.29, 0.717) is 18.7 Å². The summed E-state index contributed by atoms with van der Waals surface area (Å²) in [7, 11) is 1.79. The van der Waals surface area contributed by atoms with Crippen LogP contribution in [0.3, 0.4) is 0 Å². The molecule has 0 bridgehead atoms. The Balaban J connectivity index is 1.32. The lowest BCUT2D eigenvalue weighted by molar-refractivity contribution is 0.0521. The van der Waals surface area contributed by atoms with Gasteiger partial charge in [-0.25, -0.2) is 4.98 Å². The number of nitrogens with zero attached hydrogens (tertiary/aromatic N) is 2. The number of para-hydroxylation sites is 2. The predicted octanol–water partition coefficient (Wildman–Crippen LogP) is 4.35. The molecule has 0 unspecified atom stereocenters. The van der Waals surface area contributed by atoms with Crippen LogP contribution >= 0.6 is 23.1 Å². The lowest BCUT2D eigenvalue weighted by Crippen LogP contribution is -2.41. The highest BCUT2D eigenvalue weighted by Gasteiger charge is 2.24. The minimum Gasteiger partial charge on any atom is -0.486 e. The number of likely N-dealkylation sites (N-methyl/N-ethyl adjacent to an activating group) is 1. The number of carbonyl (C=O) groups is 1. The maximum Gasteiger partial charge on any atom is 0.253 e. The second-order valence-electron chi connectivity index (χ2n) is 6.48. The highest BCUT2D eigenvalue weighted by molar-refractivity contribution is 7.98. The Kier molecular flexibility index (Phi) is 5.83. The number of rotatable bonds is 6. The molecular weight excluding hydrogens is 392 g/mol. The summed E-state index contributed by atoms with van der Waals surface area (Å²) in [5.74, 6) is 2.27. The molecule has 7 heteroatoms. The Bertz CT molecular complexity index is 929. The summed E-state index contributed by atoms with van der Waals surface area (Å²) in [6, 6.07) is 15.3. The first kappa shape index (κ1) is 18.8. The average Bonchev–Trinajstić information content (AvgIpc) is 3.26. The molecule has 0 radical (unpaired) electrons. The molecule has 1 aliphatic rings. The van der Waals surface area contributed by atoms with Gasteiger partial charge in [0.15, 0.2) is 17.6 Å². The molecule has 28 heavy (non-hydrogen) atoms. The summed E-state index contributed by atoms with van der Waals surface area (Å²) < 4.78 is 11.7. The van der Waals surface area contributed by atoms with Crippen LogP contribution in [0.5, 0.6) is 11.5 Å². The van der Waals surface area contributed by atoms with Crippen LogP contribution in [0.15, 0.2) is 64.3 Å². The molecule has 0 aliphatic carbocycles. The standard InChI is InChI=1S/C21H20N2O3S2/c1-23(10-17-11-25-19-4-2-3-5-20(19)26-17)21(24)15-6-8-18(9-7-15)28-13-16-12-27-14-22-16/h2-9,12,14,17H,10-11,13H2,1H3/t17-/m0/s1. The monoisotopic (exact) mass is 412 g/mol. The van der Waals surface area contributed by atoms with Crippen LogP contribution in [-0.2, 0) is 5.75 Å². The van der Waals surface area contributed by atoms with Crippen molar-refractivity contribution in [1.29, 1.82) is 0 Å². The van der Waals surface area contributed by atoms with Crippen molar-refractivity contribution < 1.29 is 14.3 Å². The van der Waals surface area contributed by atoms with Crippen LogP contribution in [0.2, 0.25) is 0 Å². The van der Waals surface area contributed by atoms with Gasteiger partial charge in [0.25, 0.3) is 5.91 Å². The maximum absolute atomic E-state index is 12.7. The second-order valence-corrected chi connectivity index (χ2v) is 8.24. The quantitative estimate of drug-likeness (QED) is 0.564. The summed E-state index contributed by atoms with van der Waals surface area (Å²) in [6.45, 7) is 0.897. The molecule has 0 spiro atoms. The van der Waals surface area contributed by atoms with E-state index < -0.39 is 0 Å². The van der Waals surface area contributed by atoms with E-state index in [-0.39, 0.29) is 12.0 Å². The van der Waals surface area contributed by atoms with E-state index in [0.717, 1.165) is 27.8 Å². The third-order valence-electron chi connectivity index (χ3n) is 4.36. The van der Waals surface area contributed by atoms with Gasteiger partial charge in [0.05, 0.1) is 17.7 Å². The van der Waals surface area contributed by atoms with Crippen molar-refractivity contribution in [2.45, 2.75) is 16.8 Å². The largest absolute Gasteiger partial charge is 0.486 e. The average molecular weight is 413 g/mol. The van der Waals surface area contributed by atoms with E-state index in [1.54, 1.807) is 35.0 Å². The van der Waals surface area contributed by atoms with Gasteiger partial charge in [-0.3, -0.25) is 4.79 Å². The van der Waals surface area contributed by atoms with Crippen molar-refractivity contribution >= 4 is 29.0 Å². The third kappa shape index (κ3) is 4.48. The van der Waals surface area contributed by atoms with Gasteiger partial charge in [-0.1, -0.05) is 12.1 Å². The second kappa shape index (κ2) is 8.67. The maximum atomic E-state index is 12.7. The number of thioether (sulfide) groups is 1. The number of amides is 1. The van der Waals surface area contributed by atoms with Crippen LogP contribution in [0.1, 0.15) is 16.1 Å². The Labute approximate surface area is 172 Å². The van der Waals surface area contributed by atoms with Crippen molar-refractivity contribution in [3.8, 4) is 11.5 Å². The summed E-state index contributed by atoms with van der Waals surface area (Å²) in [5, 5.41) is 2.05. The molecule has 1 amide bonds. The highest BCUT2D eigenvalue weighted by Crippen LogP contribution is 2.31. The Hall–Kier alpha value is -2.51. The molecular formula is C21H20N2O3S2. The van der Waals surface area contributed by atoms with E-state index in [9.17, 15) is 4.79 Å². The van der Waals surface area contributed by atoms with Gasteiger partial charge >= 0.3 is 0 Å². The van der Waals surface area contributed by atoms with Crippen LogP contribution in [0.25, 0.3) is 0 Å². The predicted molar refractivity (Wildman–Crippen MR) is 111 cm³/mol. The third-order valence-corrected chi connectivity index (χ3v) is 6.04. The molecule has 0 N–H and O–H groups in total. The van der Waals surface area contributed by atoms with Crippen LogP contribution in [0.4, 0.5) is 0 Å². The smallest absolute Gasteiger partial charge is 0.253 e. The van der Waals surface area contributed by atoms with Crippen LogP contribution in [-0.4, -0.2) is 42.1 Å². The van der Waals surface area contributed by atoms with E-state index >= 15 is 0 Å². The van der Waals surface area contributed by atoms with Gasteiger partial charge in [-0.2, -0.15) is 0 Å². The first-order valence-electron chi connectivity index (χ1n) is 8.93. The molecule has 2 aromatic carbocycles. The number of hydrogen-bond donors (Lipinski definition) is 0. The minimum atomic E-state index is -0.184. The van der Waals surface area contributed by atoms with E-state index in [4.69, 9.17) is 9.47 Å². The zero-order valence-corrected chi connectivity index (χ0v) is 17.0. The molecule has 0 saturated carbocycles. The van der Waals surface area contributed by atoms with E-state index in [1.807, 2.05) is 54.0 Å². The lowest BCUT2D eigenvalue weighted by Gasteiger charge is -2.29. The molecule has 0 saturated heterocycles. The van der Waals surface area contributed by atoms with Crippen LogP contribution in [0, 0.1) is 0 Å². The van der Waals surface area contributed by atoms with Gasteiger partial charge in [-0.05, 0) is 36.4 Å². The molecule has 3 aromatic rings. The zero-order chi connectivity index (χ0) is 19.3. The summed E-state index contributed by atoms with van der Waals surface area (Å²) in [4.78, 5) is 19.8. The molecule has 1 atom stereocenters. The molecule has 4 rings (SSSR count). The fourth-order valence-corrected chi connectivity index (χ4v) is 4.39. The van der Waals surface area contributed by atoms with Crippen LogP contribution < -0.4 is 9.47 Å². The zero-order valence-electron chi connectivity index (χ0n) is 15.4. The van der Waals surface area contributed by atoms with Crippen molar-refractivity contribution in [3.05, 3.63) is 70.7 Å². The van der Waals surface area contributed by atoms with Gasteiger partial charge in [-0.15, -0.1) is 23.1 Å². The van der Waals surface area contributed by atoms with Gasteiger partial charge < -0.3 is 14.4 Å². The number of thiazole rings is 1. The number of hydrogen-bond acceptors (Lipinski definition) is 6. The first-order chi connectivity index (χ1) is 13.7. The molecule has 1 aromatic heterocycles. The number of benzene rings is 2. The summed E-state index contributed by atoms with van der Waals surface area (Å²) in [6.07, 6.45) is -0.184. The fourth-order valence-electron chi connectivity index (χ4n) is 2.92. The number of aromatic nitrogens is 1. The lowest BCUT2D eigenvalue weighted by atomic mass is 10.2. The first-order valence-corrected chi connectivity index (χ1v) is 10.9. The summed E-state index contributed by atoms with van der Waals surface area (Å²) in [5.41, 5.74) is 3.58. The van der Waals surface area contributed by atoms with Crippen molar-refractivity contribution in [3.63, 3.8) is 0 Å². The Morgan fingerprint density at radius 1 is 1.21 bits per heavy atom. The Morgan fingerprint density at radius 3 is 2.75 bits per heavy atom. The van der Waals surface area contributed by atoms with Gasteiger partial charge in [0.2, 0.25) is 0 Å². The van der Waals surface area contributed by atoms with Crippen molar-refractivity contribution in [2.24, 2.45) is 0 Å². The molecule has 1 aliphatic heterocycles. The summed E-state index contributed by atoms with van der Waals surface area (Å²) >= 11 is 3.31. The van der Waals surface area contributed by atoms with Crippen molar-refractivity contribution in [1.82, 2.24) is 9.88 Å². The van der Waals surface area contributed by atoms with E-state index in [2.05, 4.69) is 10.4 Å². The van der Waals surface area contributed by atoms with Gasteiger partial charge in [0.1, 0.15) is 6.61 Å². The Morgan fingerprint density at radius 2 is 2.00 bits per heavy atom. The minimum absolute atomic E-state index is 0.0292. The fraction of sp³-hybridized carbons (Fsp3) is 0.238. The van der Waals surface area contributed by atoms with Crippen molar-refractivity contribution in [2.75, 3.05) is 20.2 Å². The topological polar surface area (TPSA) is 51.7 Å². The number of carbonyl (C=O) groups excluding carboxylic acids is 1. The number of ether oxygens (including phenoxy) is 2. The molecule has 5 nitrogen and oxygen atoms in total. The van der Waals surface area contributed by atoms with Gasteiger partial charge in [0, 0.05) is 28.6 Å². The molecule has 2 heterocycles. The SMILES string of the molecule is CN(C[C@H]1COc2ccccc2O1)C(=O)c1ccc(SCc2cscn2)cc1. The molecule has 144 valence electrons. The molecule has 0 fully saturated rings. The van der Waals surface area contributed by atoms with E-state index in [1.165, 1.54) is 0 Å². The highest BCUT2D eigenvalue weighted by atomic mass is 32.2. The normalized spacial score (nSPS) is 15.2. The number of fused-ring (bicyclic) bond motifs is 1.